The minimum absolute atomic E-state index is 0.105. The van der Waals surface area contributed by atoms with Crippen molar-refractivity contribution in [3.63, 3.8) is 0 Å². The molecule has 0 fully saturated rings. The van der Waals surface area contributed by atoms with E-state index in [1.54, 1.807) is 26.0 Å². The number of nitrogens with zero attached hydrogens (tertiary/aromatic N) is 2. The molecule has 1 aromatic carbocycles. The van der Waals surface area contributed by atoms with Gasteiger partial charge in [0.2, 0.25) is 0 Å². The van der Waals surface area contributed by atoms with Gasteiger partial charge in [0.25, 0.3) is 0 Å². The Morgan fingerprint density at radius 2 is 1.71 bits per heavy atom. The molecule has 2 N–H and O–H groups in total. The minimum Gasteiger partial charge on any atom is -0.480 e. The number of carboxylic acids is 1. The highest BCUT2D eigenvalue weighted by atomic mass is 16.4. The van der Waals surface area contributed by atoms with E-state index in [-0.39, 0.29) is 6.54 Å². The van der Waals surface area contributed by atoms with Crippen molar-refractivity contribution in [1.29, 1.82) is 0 Å². The molecule has 1 rings (SSSR count). The molecule has 0 aliphatic rings. The van der Waals surface area contributed by atoms with E-state index in [9.17, 15) is 14.7 Å². The number of anilines is 1. The number of aryl methyl sites for hydroxylation is 1. The molecule has 0 radical (unpaired) electrons. The van der Waals surface area contributed by atoms with Crippen LogP contribution in [0.1, 0.15) is 19.4 Å². The second kappa shape index (κ2) is 6.58. The monoisotopic (exact) mass is 294 g/mol. The molecule has 0 aliphatic heterocycles. The van der Waals surface area contributed by atoms with Crippen LogP contribution in [0.4, 0.5) is 10.5 Å². The molecular weight excluding hydrogens is 272 g/mol. The lowest BCUT2D eigenvalue weighted by Gasteiger charge is -2.30. The number of amides is 2. The number of rotatable bonds is 5. The summed E-state index contributed by atoms with van der Waals surface area (Å²) in [6.07, 6.45) is 0. The lowest BCUT2D eigenvalue weighted by atomic mass is 10.1. The van der Waals surface area contributed by atoms with Crippen molar-refractivity contribution < 1.29 is 19.8 Å². The van der Waals surface area contributed by atoms with Crippen molar-refractivity contribution in [2.45, 2.75) is 26.4 Å². The third-order valence-electron chi connectivity index (χ3n) is 2.82. The SMILES string of the molecule is Cc1ccc(N(CC(=O)O)C(=O)N(C)CC(C)(C)O)cc1. The fourth-order valence-electron chi connectivity index (χ4n) is 1.98. The van der Waals surface area contributed by atoms with Gasteiger partial charge < -0.3 is 15.1 Å². The fraction of sp³-hybridized carbons (Fsp3) is 0.467. The third-order valence-corrected chi connectivity index (χ3v) is 2.82. The third kappa shape index (κ3) is 5.43. The van der Waals surface area contributed by atoms with E-state index in [1.807, 2.05) is 19.1 Å². The highest BCUT2D eigenvalue weighted by Gasteiger charge is 2.25. The van der Waals surface area contributed by atoms with E-state index in [0.717, 1.165) is 5.56 Å². The molecule has 2 amide bonds. The van der Waals surface area contributed by atoms with Crippen molar-refractivity contribution >= 4 is 17.7 Å². The van der Waals surface area contributed by atoms with Crippen LogP contribution in [-0.4, -0.2) is 52.9 Å². The Kier molecular flexibility index (Phi) is 5.32. The molecule has 0 atom stereocenters. The van der Waals surface area contributed by atoms with Crippen LogP contribution >= 0.6 is 0 Å². The molecule has 0 spiro atoms. The average Bonchev–Trinajstić information content (AvgIpc) is 2.34. The van der Waals surface area contributed by atoms with E-state index in [2.05, 4.69) is 0 Å². The summed E-state index contributed by atoms with van der Waals surface area (Å²) in [5, 5.41) is 18.8. The summed E-state index contributed by atoms with van der Waals surface area (Å²) in [6.45, 7) is 4.76. The van der Waals surface area contributed by atoms with Gasteiger partial charge in [-0.05, 0) is 32.9 Å². The molecule has 21 heavy (non-hydrogen) atoms. The quantitative estimate of drug-likeness (QED) is 0.866. The number of hydrogen-bond donors (Lipinski definition) is 2. The van der Waals surface area contributed by atoms with Crippen LogP contribution in [0.5, 0.6) is 0 Å². The Bertz CT molecular complexity index is 505. The van der Waals surface area contributed by atoms with Crippen molar-refractivity contribution in [1.82, 2.24) is 4.90 Å². The smallest absolute Gasteiger partial charge is 0.324 e. The number of carbonyl (C=O) groups excluding carboxylic acids is 1. The Balaban J connectivity index is 2.99. The molecule has 0 saturated heterocycles. The number of hydrogen-bond acceptors (Lipinski definition) is 3. The first-order valence-corrected chi connectivity index (χ1v) is 6.63. The Morgan fingerprint density at radius 3 is 2.14 bits per heavy atom. The van der Waals surface area contributed by atoms with Crippen molar-refractivity contribution in [3.8, 4) is 0 Å². The Hall–Kier alpha value is -2.08. The average molecular weight is 294 g/mol. The maximum Gasteiger partial charge on any atom is 0.324 e. The number of urea groups is 1. The predicted molar refractivity (Wildman–Crippen MR) is 80.5 cm³/mol. The molecule has 0 heterocycles. The van der Waals surface area contributed by atoms with Gasteiger partial charge in [-0.1, -0.05) is 17.7 Å². The van der Waals surface area contributed by atoms with Gasteiger partial charge in [-0.2, -0.15) is 0 Å². The van der Waals surface area contributed by atoms with Gasteiger partial charge in [-0.3, -0.25) is 9.69 Å². The summed E-state index contributed by atoms with van der Waals surface area (Å²) in [5.74, 6) is -1.10. The van der Waals surface area contributed by atoms with Gasteiger partial charge in [-0.25, -0.2) is 4.79 Å². The van der Waals surface area contributed by atoms with Crippen LogP contribution in [0, 0.1) is 6.92 Å². The maximum atomic E-state index is 12.4. The number of benzene rings is 1. The van der Waals surface area contributed by atoms with E-state index in [0.29, 0.717) is 5.69 Å². The van der Waals surface area contributed by atoms with E-state index >= 15 is 0 Å². The van der Waals surface area contributed by atoms with Crippen LogP contribution < -0.4 is 4.90 Å². The van der Waals surface area contributed by atoms with Gasteiger partial charge in [0.15, 0.2) is 0 Å². The number of aliphatic carboxylic acids is 1. The maximum absolute atomic E-state index is 12.4. The number of carboxylic acid groups (broad SMARTS) is 1. The molecule has 0 aliphatic carbocycles. The molecule has 0 unspecified atom stereocenters. The Labute approximate surface area is 124 Å². The zero-order chi connectivity index (χ0) is 16.2. The summed E-state index contributed by atoms with van der Waals surface area (Å²) >= 11 is 0. The standard InChI is InChI=1S/C15H22N2O4/c1-11-5-7-12(8-6-11)17(9-13(18)19)14(20)16(4)10-15(2,3)21/h5-8,21H,9-10H2,1-4H3,(H,18,19). The fourth-order valence-corrected chi connectivity index (χ4v) is 1.98. The topological polar surface area (TPSA) is 81.1 Å². The van der Waals surface area contributed by atoms with Crippen LogP contribution in [0.15, 0.2) is 24.3 Å². The molecule has 0 bridgehead atoms. The number of likely N-dealkylation sites (N-methyl/N-ethyl adjacent to an activating group) is 1. The molecule has 6 heteroatoms. The van der Waals surface area contributed by atoms with Crippen molar-refractivity contribution in [3.05, 3.63) is 29.8 Å². The summed E-state index contributed by atoms with van der Waals surface area (Å²) in [5.41, 5.74) is 0.481. The van der Waals surface area contributed by atoms with Gasteiger partial charge in [0, 0.05) is 12.7 Å². The van der Waals surface area contributed by atoms with E-state index < -0.39 is 24.1 Å². The molecule has 0 aromatic heterocycles. The number of aliphatic hydroxyl groups is 1. The highest BCUT2D eigenvalue weighted by molar-refractivity contribution is 5.96. The molecule has 6 nitrogen and oxygen atoms in total. The minimum atomic E-state index is -1.10. The van der Waals surface area contributed by atoms with Gasteiger partial charge >= 0.3 is 12.0 Å². The highest BCUT2D eigenvalue weighted by Crippen LogP contribution is 2.17. The summed E-state index contributed by atoms with van der Waals surface area (Å²) in [7, 11) is 1.53. The predicted octanol–water partition coefficient (Wildman–Crippen LogP) is 1.71. The molecule has 1 aromatic rings. The first-order valence-electron chi connectivity index (χ1n) is 6.63. The van der Waals surface area contributed by atoms with E-state index in [1.165, 1.54) is 16.8 Å². The molecule has 0 saturated carbocycles. The lowest BCUT2D eigenvalue weighted by molar-refractivity contribution is -0.135. The largest absolute Gasteiger partial charge is 0.480 e. The first kappa shape index (κ1) is 17.0. The van der Waals surface area contributed by atoms with Crippen LogP contribution in [0.25, 0.3) is 0 Å². The zero-order valence-corrected chi connectivity index (χ0v) is 12.8. The molecular formula is C15H22N2O4. The van der Waals surface area contributed by atoms with E-state index in [4.69, 9.17) is 5.11 Å². The summed E-state index contributed by atoms with van der Waals surface area (Å²) in [6, 6.07) is 6.56. The van der Waals surface area contributed by atoms with Gasteiger partial charge in [0.05, 0.1) is 12.1 Å². The van der Waals surface area contributed by atoms with Gasteiger partial charge in [0.1, 0.15) is 6.54 Å². The summed E-state index contributed by atoms with van der Waals surface area (Å²) in [4.78, 5) is 25.9. The second-order valence-corrected chi connectivity index (χ2v) is 5.77. The first-order chi connectivity index (χ1) is 9.60. The normalized spacial score (nSPS) is 11.1. The van der Waals surface area contributed by atoms with Crippen LogP contribution in [-0.2, 0) is 4.79 Å². The van der Waals surface area contributed by atoms with Crippen molar-refractivity contribution in [2.24, 2.45) is 0 Å². The number of carbonyl (C=O) groups is 2. The van der Waals surface area contributed by atoms with Gasteiger partial charge in [-0.15, -0.1) is 0 Å². The lowest BCUT2D eigenvalue weighted by Crippen LogP contribution is -2.48. The zero-order valence-electron chi connectivity index (χ0n) is 12.8. The second-order valence-electron chi connectivity index (χ2n) is 5.77. The molecule has 116 valence electrons. The Morgan fingerprint density at radius 1 is 1.19 bits per heavy atom. The van der Waals surface area contributed by atoms with Crippen molar-refractivity contribution in [2.75, 3.05) is 25.0 Å². The van der Waals surface area contributed by atoms with Crippen LogP contribution in [0.2, 0.25) is 0 Å². The van der Waals surface area contributed by atoms with Crippen LogP contribution in [0.3, 0.4) is 0 Å². The summed E-state index contributed by atoms with van der Waals surface area (Å²) < 4.78 is 0.